The number of aromatic nitrogens is 2. The Labute approximate surface area is 215 Å². The molecule has 0 aliphatic heterocycles. The van der Waals surface area contributed by atoms with Crippen LogP contribution in [0.5, 0.6) is 5.75 Å². The van der Waals surface area contributed by atoms with Crippen LogP contribution in [0.2, 0.25) is 5.02 Å². The SMILES string of the molecule is COc1ccccc1-n1c(C(C)N(CC(C)C)C(=O)Nc2ccc(Cl)cc2)nc2ccccc2c1=O. The number of carbonyl (C=O) groups excluding carboxylic acids is 1. The first-order valence-corrected chi connectivity index (χ1v) is 12.2. The van der Waals surface area contributed by atoms with Gasteiger partial charge in [-0.25, -0.2) is 9.78 Å². The Morgan fingerprint density at radius 1 is 1.03 bits per heavy atom. The van der Waals surface area contributed by atoms with Crippen LogP contribution in [0.3, 0.4) is 0 Å². The lowest BCUT2D eigenvalue weighted by Crippen LogP contribution is -2.41. The van der Waals surface area contributed by atoms with Gasteiger partial charge in [0, 0.05) is 17.3 Å². The number of para-hydroxylation sites is 3. The average molecular weight is 505 g/mol. The van der Waals surface area contributed by atoms with Gasteiger partial charge >= 0.3 is 6.03 Å². The largest absolute Gasteiger partial charge is 0.495 e. The minimum absolute atomic E-state index is 0.176. The molecular weight excluding hydrogens is 476 g/mol. The number of halogens is 1. The molecule has 0 radical (unpaired) electrons. The number of ether oxygens (including phenoxy) is 1. The second-order valence-corrected chi connectivity index (χ2v) is 9.40. The summed E-state index contributed by atoms with van der Waals surface area (Å²) in [5, 5.41) is 4.02. The summed E-state index contributed by atoms with van der Waals surface area (Å²) in [4.78, 5) is 33.9. The Hall–Kier alpha value is -3.84. The van der Waals surface area contributed by atoms with Gasteiger partial charge in [0.15, 0.2) is 0 Å². The highest BCUT2D eigenvalue weighted by Gasteiger charge is 2.28. The quantitative estimate of drug-likeness (QED) is 0.320. The van der Waals surface area contributed by atoms with Crippen molar-refractivity contribution < 1.29 is 9.53 Å². The molecule has 0 saturated carbocycles. The first-order chi connectivity index (χ1) is 17.3. The van der Waals surface area contributed by atoms with Crippen LogP contribution in [0.4, 0.5) is 10.5 Å². The van der Waals surface area contributed by atoms with Crippen LogP contribution in [0.15, 0.2) is 77.6 Å². The molecule has 1 unspecified atom stereocenters. The minimum atomic E-state index is -0.540. The summed E-state index contributed by atoms with van der Waals surface area (Å²) in [6.07, 6.45) is 0. The highest BCUT2D eigenvalue weighted by molar-refractivity contribution is 6.30. The van der Waals surface area contributed by atoms with E-state index < -0.39 is 6.04 Å². The van der Waals surface area contributed by atoms with Gasteiger partial charge in [0.05, 0.1) is 29.7 Å². The second kappa shape index (κ2) is 10.8. The minimum Gasteiger partial charge on any atom is -0.495 e. The van der Waals surface area contributed by atoms with Gasteiger partial charge in [-0.2, -0.15) is 0 Å². The van der Waals surface area contributed by atoms with Gasteiger partial charge in [0.25, 0.3) is 5.56 Å². The Kier molecular flexibility index (Phi) is 7.60. The molecule has 2 amide bonds. The number of carbonyl (C=O) groups is 1. The average Bonchev–Trinajstić information content (AvgIpc) is 2.88. The number of hydrogen-bond acceptors (Lipinski definition) is 4. The van der Waals surface area contributed by atoms with E-state index in [1.54, 1.807) is 59.0 Å². The number of hydrogen-bond donors (Lipinski definition) is 1. The molecule has 1 heterocycles. The fourth-order valence-corrected chi connectivity index (χ4v) is 4.28. The van der Waals surface area contributed by atoms with Crippen LogP contribution in [-0.2, 0) is 0 Å². The number of benzene rings is 3. The molecule has 8 heteroatoms. The molecule has 0 spiro atoms. The van der Waals surface area contributed by atoms with E-state index >= 15 is 0 Å². The molecule has 1 atom stereocenters. The maximum Gasteiger partial charge on any atom is 0.322 e. The molecule has 4 rings (SSSR count). The normalized spacial score (nSPS) is 11.9. The predicted octanol–water partition coefficient (Wildman–Crippen LogP) is 6.30. The van der Waals surface area contributed by atoms with Crippen molar-refractivity contribution in [2.75, 3.05) is 19.0 Å². The number of amides is 2. The molecule has 3 aromatic carbocycles. The highest BCUT2D eigenvalue weighted by Crippen LogP contribution is 2.28. The highest BCUT2D eigenvalue weighted by atomic mass is 35.5. The first kappa shape index (κ1) is 25.3. The fraction of sp³-hybridized carbons (Fsp3) is 0.250. The van der Waals surface area contributed by atoms with Crippen molar-refractivity contribution >= 4 is 34.2 Å². The fourth-order valence-electron chi connectivity index (χ4n) is 4.16. The van der Waals surface area contributed by atoms with Crippen molar-refractivity contribution in [1.29, 1.82) is 0 Å². The smallest absolute Gasteiger partial charge is 0.322 e. The predicted molar refractivity (Wildman–Crippen MR) is 144 cm³/mol. The van der Waals surface area contributed by atoms with E-state index in [9.17, 15) is 9.59 Å². The molecule has 0 aliphatic carbocycles. The van der Waals surface area contributed by atoms with Crippen molar-refractivity contribution in [3.63, 3.8) is 0 Å². The van der Waals surface area contributed by atoms with Crippen LogP contribution in [0, 0.1) is 5.92 Å². The monoisotopic (exact) mass is 504 g/mol. The molecule has 0 aliphatic rings. The number of urea groups is 1. The summed E-state index contributed by atoms with van der Waals surface area (Å²) < 4.78 is 7.12. The summed E-state index contributed by atoms with van der Waals surface area (Å²) in [6, 6.07) is 20.6. The van der Waals surface area contributed by atoms with Crippen molar-refractivity contribution in [3.8, 4) is 11.4 Å². The van der Waals surface area contributed by atoms with E-state index in [0.29, 0.717) is 45.4 Å². The van der Waals surface area contributed by atoms with Gasteiger partial charge in [-0.1, -0.05) is 49.7 Å². The van der Waals surface area contributed by atoms with Crippen molar-refractivity contribution in [2.45, 2.75) is 26.8 Å². The van der Waals surface area contributed by atoms with Crippen LogP contribution in [0.25, 0.3) is 16.6 Å². The molecule has 1 aromatic heterocycles. The third-order valence-corrected chi connectivity index (χ3v) is 6.14. The van der Waals surface area contributed by atoms with Crippen LogP contribution < -0.4 is 15.6 Å². The van der Waals surface area contributed by atoms with Gasteiger partial charge in [0.1, 0.15) is 11.6 Å². The lowest BCUT2D eigenvalue weighted by molar-refractivity contribution is 0.179. The third-order valence-electron chi connectivity index (χ3n) is 5.89. The van der Waals surface area contributed by atoms with Crippen molar-refractivity contribution in [1.82, 2.24) is 14.5 Å². The van der Waals surface area contributed by atoms with E-state index in [1.807, 2.05) is 51.1 Å². The molecule has 0 saturated heterocycles. The lowest BCUT2D eigenvalue weighted by Gasteiger charge is -2.32. The molecule has 0 bridgehead atoms. The number of rotatable bonds is 7. The van der Waals surface area contributed by atoms with E-state index in [2.05, 4.69) is 5.32 Å². The molecule has 7 nitrogen and oxygen atoms in total. The van der Waals surface area contributed by atoms with Crippen molar-refractivity contribution in [3.05, 3.63) is 94.0 Å². The molecule has 0 fully saturated rings. The Morgan fingerprint density at radius 2 is 1.69 bits per heavy atom. The van der Waals surface area contributed by atoms with E-state index in [-0.39, 0.29) is 17.5 Å². The summed E-state index contributed by atoms with van der Waals surface area (Å²) in [5.74, 6) is 1.15. The molecule has 36 heavy (non-hydrogen) atoms. The number of nitrogens with one attached hydrogen (secondary N) is 1. The summed E-state index contributed by atoms with van der Waals surface area (Å²) in [6.45, 7) is 6.41. The molecule has 1 N–H and O–H groups in total. The van der Waals surface area contributed by atoms with Gasteiger partial charge in [-0.05, 0) is 61.4 Å². The van der Waals surface area contributed by atoms with Gasteiger partial charge in [-0.15, -0.1) is 0 Å². The van der Waals surface area contributed by atoms with Crippen molar-refractivity contribution in [2.24, 2.45) is 5.92 Å². The number of nitrogens with zero attached hydrogens (tertiary/aromatic N) is 3. The van der Waals surface area contributed by atoms with Gasteiger partial charge < -0.3 is 15.0 Å². The number of methoxy groups -OCH3 is 1. The van der Waals surface area contributed by atoms with Gasteiger partial charge in [-0.3, -0.25) is 9.36 Å². The van der Waals surface area contributed by atoms with Crippen LogP contribution in [0.1, 0.15) is 32.6 Å². The van der Waals surface area contributed by atoms with Gasteiger partial charge in [0.2, 0.25) is 0 Å². The maximum atomic E-state index is 13.8. The molecule has 4 aromatic rings. The van der Waals surface area contributed by atoms with Crippen LogP contribution in [-0.4, -0.2) is 34.1 Å². The number of fused-ring (bicyclic) bond motifs is 1. The van der Waals surface area contributed by atoms with Crippen LogP contribution >= 0.6 is 11.6 Å². The standard InChI is InChI=1S/C28H29ClN4O3/c1-18(2)17-32(28(35)30-21-15-13-20(29)14-16-21)19(3)26-31-23-10-6-5-9-22(23)27(34)33(26)24-11-7-8-12-25(24)36-4/h5-16,18-19H,17H2,1-4H3,(H,30,35). The Morgan fingerprint density at radius 3 is 2.39 bits per heavy atom. The zero-order valence-corrected chi connectivity index (χ0v) is 21.5. The molecular formula is C28H29ClN4O3. The zero-order chi connectivity index (χ0) is 25.8. The summed E-state index contributed by atoms with van der Waals surface area (Å²) >= 11 is 6.00. The number of anilines is 1. The van der Waals surface area contributed by atoms with E-state index in [0.717, 1.165) is 0 Å². The Balaban J connectivity index is 1.86. The van der Waals surface area contributed by atoms with E-state index in [1.165, 1.54) is 0 Å². The maximum absolute atomic E-state index is 13.8. The zero-order valence-electron chi connectivity index (χ0n) is 20.7. The Bertz CT molecular complexity index is 1430. The topological polar surface area (TPSA) is 76.5 Å². The summed E-state index contributed by atoms with van der Waals surface area (Å²) in [7, 11) is 1.56. The lowest BCUT2D eigenvalue weighted by atomic mass is 10.1. The third kappa shape index (κ3) is 5.21. The van der Waals surface area contributed by atoms with E-state index in [4.69, 9.17) is 21.3 Å². The second-order valence-electron chi connectivity index (χ2n) is 8.96. The first-order valence-electron chi connectivity index (χ1n) is 11.8. The summed E-state index contributed by atoms with van der Waals surface area (Å²) in [5.41, 5.74) is 1.53. The molecule has 186 valence electrons.